The number of hydrogen-bond acceptors (Lipinski definition) is 4. The van der Waals surface area contributed by atoms with Crippen molar-refractivity contribution in [2.45, 2.75) is 13.3 Å². The summed E-state index contributed by atoms with van der Waals surface area (Å²) < 4.78 is 9.93. The third kappa shape index (κ3) is 5.48. The number of nitrogens with zero attached hydrogens (tertiary/aromatic N) is 1. The molecule has 0 aliphatic rings. The van der Waals surface area contributed by atoms with Crippen molar-refractivity contribution in [3.8, 4) is 5.75 Å². The predicted molar refractivity (Wildman–Crippen MR) is 75.8 cm³/mol. The summed E-state index contributed by atoms with van der Waals surface area (Å²) in [7, 11) is 1.29. The van der Waals surface area contributed by atoms with Crippen LogP contribution in [0.4, 0.5) is 0 Å². The lowest BCUT2D eigenvalue weighted by Gasteiger charge is -2.20. The molecule has 0 saturated heterocycles. The van der Waals surface area contributed by atoms with E-state index in [1.54, 1.807) is 24.3 Å². The summed E-state index contributed by atoms with van der Waals surface area (Å²) in [5.41, 5.74) is 0. The number of hydrogen-bond donors (Lipinski definition) is 0. The SMILES string of the molecule is CCCN(CC(=O)OC)C(=O)COc1ccc(Cl)cc1. The number of rotatable bonds is 7. The van der Waals surface area contributed by atoms with Crippen LogP contribution in [0.5, 0.6) is 5.75 Å². The molecule has 1 rings (SSSR count). The number of carbonyl (C=O) groups excluding carboxylic acids is 2. The molecule has 0 N–H and O–H groups in total. The summed E-state index contributed by atoms with van der Waals surface area (Å²) in [5, 5.41) is 0.599. The number of benzene rings is 1. The molecular formula is C14H18ClNO4. The van der Waals surface area contributed by atoms with Gasteiger partial charge in [0.05, 0.1) is 7.11 Å². The molecule has 0 aromatic heterocycles. The first-order valence-electron chi connectivity index (χ1n) is 6.29. The maximum atomic E-state index is 12.0. The van der Waals surface area contributed by atoms with Gasteiger partial charge in [-0.25, -0.2) is 0 Å². The molecule has 0 bridgehead atoms. The third-order valence-corrected chi connectivity index (χ3v) is 2.82. The van der Waals surface area contributed by atoms with E-state index >= 15 is 0 Å². The van der Waals surface area contributed by atoms with Crippen molar-refractivity contribution in [2.24, 2.45) is 0 Å². The van der Waals surface area contributed by atoms with E-state index in [0.29, 0.717) is 17.3 Å². The van der Waals surface area contributed by atoms with E-state index in [1.807, 2.05) is 6.92 Å². The summed E-state index contributed by atoms with van der Waals surface area (Å²) in [4.78, 5) is 24.7. The van der Waals surface area contributed by atoms with E-state index in [-0.39, 0.29) is 19.1 Å². The van der Waals surface area contributed by atoms with Gasteiger partial charge in [0.15, 0.2) is 6.61 Å². The average Bonchev–Trinajstić information content (AvgIpc) is 2.45. The van der Waals surface area contributed by atoms with E-state index in [9.17, 15) is 9.59 Å². The lowest BCUT2D eigenvalue weighted by atomic mass is 10.3. The fourth-order valence-electron chi connectivity index (χ4n) is 1.55. The van der Waals surface area contributed by atoms with E-state index in [0.717, 1.165) is 6.42 Å². The lowest BCUT2D eigenvalue weighted by molar-refractivity contribution is -0.147. The monoisotopic (exact) mass is 299 g/mol. The molecule has 1 aromatic carbocycles. The van der Waals surface area contributed by atoms with Gasteiger partial charge in [-0.05, 0) is 30.7 Å². The van der Waals surface area contributed by atoms with Crippen LogP contribution in [0.1, 0.15) is 13.3 Å². The van der Waals surface area contributed by atoms with Crippen LogP contribution < -0.4 is 4.74 Å². The summed E-state index contributed by atoms with van der Waals surface area (Å²) in [6.07, 6.45) is 0.754. The molecule has 5 nitrogen and oxygen atoms in total. The second-order valence-electron chi connectivity index (χ2n) is 4.13. The molecule has 0 unspecified atom stereocenters. The second-order valence-corrected chi connectivity index (χ2v) is 4.57. The topological polar surface area (TPSA) is 55.8 Å². The van der Waals surface area contributed by atoms with Crippen LogP contribution >= 0.6 is 11.6 Å². The molecule has 0 spiro atoms. The number of halogens is 1. The van der Waals surface area contributed by atoms with Gasteiger partial charge in [-0.1, -0.05) is 18.5 Å². The average molecular weight is 300 g/mol. The van der Waals surface area contributed by atoms with Crippen molar-refractivity contribution in [1.82, 2.24) is 4.90 Å². The highest BCUT2D eigenvalue weighted by Gasteiger charge is 2.17. The summed E-state index contributed by atoms with van der Waals surface area (Å²) in [5.74, 6) is -0.150. The Kier molecular flexibility index (Phi) is 6.87. The van der Waals surface area contributed by atoms with E-state index in [1.165, 1.54) is 12.0 Å². The van der Waals surface area contributed by atoms with Gasteiger partial charge in [-0.15, -0.1) is 0 Å². The molecule has 0 fully saturated rings. The summed E-state index contributed by atoms with van der Waals surface area (Å²) in [6.45, 7) is 2.22. The summed E-state index contributed by atoms with van der Waals surface area (Å²) in [6, 6.07) is 6.72. The highest BCUT2D eigenvalue weighted by molar-refractivity contribution is 6.30. The zero-order valence-electron chi connectivity index (χ0n) is 11.6. The quantitative estimate of drug-likeness (QED) is 0.724. The second kappa shape index (κ2) is 8.43. The number of ether oxygens (including phenoxy) is 2. The number of esters is 1. The van der Waals surface area contributed by atoms with Crippen LogP contribution in [0.25, 0.3) is 0 Å². The number of methoxy groups -OCH3 is 1. The molecule has 0 atom stereocenters. The predicted octanol–water partition coefficient (Wildman–Crippen LogP) is 2.13. The normalized spacial score (nSPS) is 9.95. The number of carbonyl (C=O) groups is 2. The Morgan fingerprint density at radius 2 is 1.90 bits per heavy atom. The zero-order chi connectivity index (χ0) is 15.0. The fraction of sp³-hybridized carbons (Fsp3) is 0.429. The van der Waals surface area contributed by atoms with Gasteiger partial charge in [0.25, 0.3) is 5.91 Å². The Bertz CT molecular complexity index is 447. The van der Waals surface area contributed by atoms with Gasteiger partial charge < -0.3 is 14.4 Å². The molecule has 110 valence electrons. The molecule has 0 aliphatic carbocycles. The Labute approximate surface area is 123 Å². The molecule has 6 heteroatoms. The van der Waals surface area contributed by atoms with Crippen molar-refractivity contribution in [3.05, 3.63) is 29.3 Å². The number of amides is 1. The molecule has 1 aromatic rings. The minimum absolute atomic E-state index is 0.0624. The lowest BCUT2D eigenvalue weighted by Crippen LogP contribution is -2.39. The molecular weight excluding hydrogens is 282 g/mol. The van der Waals surface area contributed by atoms with Crippen molar-refractivity contribution in [2.75, 3.05) is 26.8 Å². The standard InChI is InChI=1S/C14H18ClNO4/c1-3-8-16(9-14(18)19-2)13(17)10-20-12-6-4-11(15)5-7-12/h4-7H,3,8-10H2,1-2H3. The zero-order valence-corrected chi connectivity index (χ0v) is 12.4. The highest BCUT2D eigenvalue weighted by Crippen LogP contribution is 2.15. The molecule has 0 radical (unpaired) electrons. The minimum atomic E-state index is -0.446. The Balaban J connectivity index is 2.52. The van der Waals surface area contributed by atoms with Gasteiger partial charge in [-0.2, -0.15) is 0 Å². The van der Waals surface area contributed by atoms with Crippen LogP contribution in [0.3, 0.4) is 0 Å². The van der Waals surface area contributed by atoms with Crippen LogP contribution in [0, 0.1) is 0 Å². The van der Waals surface area contributed by atoms with Crippen LogP contribution in [-0.2, 0) is 14.3 Å². The third-order valence-electron chi connectivity index (χ3n) is 2.57. The summed E-state index contributed by atoms with van der Waals surface area (Å²) >= 11 is 5.76. The van der Waals surface area contributed by atoms with Crippen molar-refractivity contribution in [1.29, 1.82) is 0 Å². The van der Waals surface area contributed by atoms with Gasteiger partial charge >= 0.3 is 5.97 Å². The van der Waals surface area contributed by atoms with Crippen LogP contribution in [0.2, 0.25) is 5.02 Å². The van der Waals surface area contributed by atoms with E-state index in [4.69, 9.17) is 16.3 Å². The molecule has 0 saturated carbocycles. The van der Waals surface area contributed by atoms with Gasteiger partial charge in [-0.3, -0.25) is 9.59 Å². The van der Waals surface area contributed by atoms with Crippen LogP contribution in [0.15, 0.2) is 24.3 Å². The first-order chi connectivity index (χ1) is 9.56. The van der Waals surface area contributed by atoms with Gasteiger partial charge in [0.1, 0.15) is 12.3 Å². The smallest absolute Gasteiger partial charge is 0.325 e. The highest BCUT2D eigenvalue weighted by atomic mass is 35.5. The van der Waals surface area contributed by atoms with E-state index < -0.39 is 5.97 Å². The Morgan fingerprint density at radius 3 is 2.45 bits per heavy atom. The van der Waals surface area contributed by atoms with Crippen molar-refractivity contribution in [3.63, 3.8) is 0 Å². The first kappa shape index (κ1) is 16.3. The molecule has 0 aliphatic heterocycles. The Hall–Kier alpha value is -1.75. The van der Waals surface area contributed by atoms with Crippen LogP contribution in [-0.4, -0.2) is 43.6 Å². The van der Waals surface area contributed by atoms with Crippen molar-refractivity contribution < 1.29 is 19.1 Å². The van der Waals surface area contributed by atoms with Gasteiger partial charge in [0, 0.05) is 11.6 Å². The van der Waals surface area contributed by atoms with Crippen molar-refractivity contribution >= 4 is 23.5 Å². The molecule has 1 amide bonds. The largest absolute Gasteiger partial charge is 0.484 e. The fourth-order valence-corrected chi connectivity index (χ4v) is 1.68. The Morgan fingerprint density at radius 1 is 1.25 bits per heavy atom. The maximum absolute atomic E-state index is 12.0. The first-order valence-corrected chi connectivity index (χ1v) is 6.67. The maximum Gasteiger partial charge on any atom is 0.325 e. The van der Waals surface area contributed by atoms with Gasteiger partial charge in [0.2, 0.25) is 0 Å². The minimum Gasteiger partial charge on any atom is -0.484 e. The molecule has 20 heavy (non-hydrogen) atoms. The van der Waals surface area contributed by atoms with E-state index in [2.05, 4.69) is 4.74 Å². The molecule has 0 heterocycles.